The molecule has 3 nitrogen and oxygen atoms in total. The molecule has 0 heterocycles. The fraction of sp³-hybridized carbons (Fsp3) is 0. The van der Waals surface area contributed by atoms with Crippen LogP contribution >= 0.6 is 0 Å². The molecule has 0 saturated carbocycles. The first-order chi connectivity index (χ1) is 1.41. The first-order valence-electron chi connectivity index (χ1n) is 0.365. The van der Waals surface area contributed by atoms with E-state index in [1.165, 1.54) is 0 Å². The van der Waals surface area contributed by atoms with Gasteiger partial charge in [-0.15, -0.1) is 0 Å². The maximum absolute atomic E-state index is 6.62. The van der Waals surface area contributed by atoms with Crippen LogP contribution in [0.1, 0.15) is 0 Å². The van der Waals surface area contributed by atoms with Crippen LogP contribution in [-0.4, -0.2) is 10.5 Å². The van der Waals surface area contributed by atoms with Crippen LogP contribution in [0, 0.1) is 36.9 Å². The van der Waals surface area contributed by atoms with Crippen LogP contribution in [0.5, 0.6) is 0 Å². The topological polar surface area (TPSA) is 49.7 Å². The van der Waals surface area contributed by atoms with Crippen molar-refractivity contribution in [2.75, 3.05) is 0 Å². The van der Waals surface area contributed by atoms with E-state index in [-0.39, 0.29) is 36.9 Å². The molecular formula is H2LuO3. The van der Waals surface area contributed by atoms with Gasteiger partial charge in [0.25, 0.3) is 0 Å². The fourth-order valence-electron chi connectivity index (χ4n) is 0. The van der Waals surface area contributed by atoms with Crippen LogP contribution in [0.3, 0.4) is 0 Å². The van der Waals surface area contributed by atoms with Crippen molar-refractivity contribution < 1.29 is 52.4 Å². The molecule has 0 aliphatic carbocycles. The van der Waals surface area contributed by atoms with Crippen LogP contribution < -0.4 is 0 Å². The third kappa shape index (κ3) is 11.2. The Bertz CT molecular complexity index is 3.25. The minimum atomic E-state index is 0. The Hall–Kier alpha value is 1.11. The molecule has 0 atom stereocenters. The van der Waals surface area contributed by atoms with Gasteiger partial charge in [-0.05, 0) is 0 Å². The standard InChI is InChI=1S/Lu.H2O3/c;1-3-2/h;1-2H. The van der Waals surface area contributed by atoms with E-state index in [4.69, 9.17) is 10.5 Å². The average molecular weight is 225 g/mol. The molecule has 0 rings (SSSR count). The summed E-state index contributed by atoms with van der Waals surface area (Å²) in [7, 11) is 0. The smallest absolute Gasteiger partial charge is 0 e. The van der Waals surface area contributed by atoms with Crippen LogP contribution in [0.2, 0.25) is 0 Å². The normalized spacial score (nSPS) is 4.50. The molecule has 0 spiro atoms. The van der Waals surface area contributed by atoms with Crippen molar-refractivity contribution in [3.63, 3.8) is 0 Å². The molecule has 4 heteroatoms. The van der Waals surface area contributed by atoms with E-state index < -0.39 is 0 Å². The second-order valence-corrected chi connectivity index (χ2v) is 0.0816. The number of hydrogen-bond donors (Lipinski definition) is 2. The van der Waals surface area contributed by atoms with Gasteiger partial charge in [0.05, 0.1) is 0 Å². The molecule has 35 valence electrons. The Morgan fingerprint density at radius 2 is 1.25 bits per heavy atom. The van der Waals surface area contributed by atoms with E-state index >= 15 is 0 Å². The molecule has 0 aliphatic rings. The van der Waals surface area contributed by atoms with Gasteiger partial charge >= 0.3 is 0 Å². The van der Waals surface area contributed by atoms with Gasteiger partial charge in [-0.25, -0.2) is 10.5 Å². The van der Waals surface area contributed by atoms with Crippen LogP contribution in [0.15, 0.2) is 0 Å². The minimum absolute atomic E-state index is 0. The first-order valence-corrected chi connectivity index (χ1v) is 0.365. The van der Waals surface area contributed by atoms with E-state index in [1.807, 2.05) is 0 Å². The monoisotopic (exact) mass is 225 g/mol. The summed E-state index contributed by atoms with van der Waals surface area (Å²) in [5.41, 5.74) is 0. The summed E-state index contributed by atoms with van der Waals surface area (Å²) < 4.78 is 0. The molecule has 0 saturated heterocycles. The molecule has 0 aromatic carbocycles. The second-order valence-electron chi connectivity index (χ2n) is 0.0816. The van der Waals surface area contributed by atoms with Gasteiger partial charge in [0.1, 0.15) is 0 Å². The SMILES string of the molecule is OOO.[Lu]. The Balaban J connectivity index is 0. The van der Waals surface area contributed by atoms with E-state index in [1.54, 1.807) is 0 Å². The summed E-state index contributed by atoms with van der Waals surface area (Å²) in [6.45, 7) is 0. The molecule has 2 N–H and O–H groups in total. The third-order valence-corrected chi connectivity index (χ3v) is 0. The summed E-state index contributed by atoms with van der Waals surface area (Å²) in [5.74, 6) is 0. The molecule has 0 fully saturated rings. The molecule has 0 amide bonds. The van der Waals surface area contributed by atoms with Crippen LogP contribution in [0.4, 0.5) is 0 Å². The van der Waals surface area contributed by atoms with Crippen molar-refractivity contribution in [2.24, 2.45) is 0 Å². The molecule has 4 heavy (non-hydrogen) atoms. The van der Waals surface area contributed by atoms with E-state index in [2.05, 4.69) is 5.04 Å². The van der Waals surface area contributed by atoms with Crippen molar-refractivity contribution in [1.29, 1.82) is 0 Å². The molecule has 0 bridgehead atoms. The van der Waals surface area contributed by atoms with Gasteiger partial charge in [-0.2, -0.15) is 0 Å². The van der Waals surface area contributed by atoms with E-state index in [0.717, 1.165) is 0 Å². The Labute approximate surface area is 52.2 Å². The number of rotatable bonds is 0. The number of hydrogen-bond acceptors (Lipinski definition) is 3. The third-order valence-electron chi connectivity index (χ3n) is 0. The predicted octanol–water partition coefficient (Wildman–Crippen LogP) is -0.0510. The maximum atomic E-state index is 6.62. The largest absolute Gasteiger partial charge is 0.221 e. The summed E-state index contributed by atoms with van der Waals surface area (Å²) in [6.07, 6.45) is 0. The molecule has 1 radical (unpaired) electrons. The van der Waals surface area contributed by atoms with Gasteiger partial charge in [0.15, 0.2) is 0 Å². The summed E-state index contributed by atoms with van der Waals surface area (Å²) in [6, 6.07) is 0. The first kappa shape index (κ1) is 8.93. The van der Waals surface area contributed by atoms with Gasteiger partial charge in [-0.3, -0.25) is 0 Å². The van der Waals surface area contributed by atoms with Gasteiger partial charge in [-0.1, -0.05) is 5.04 Å². The molecule has 0 unspecified atom stereocenters. The van der Waals surface area contributed by atoms with Crippen molar-refractivity contribution >= 4 is 0 Å². The van der Waals surface area contributed by atoms with Crippen molar-refractivity contribution in [2.45, 2.75) is 0 Å². The summed E-state index contributed by atoms with van der Waals surface area (Å²) >= 11 is 0. The average Bonchev–Trinajstić information content (AvgIpc) is 0.918. The van der Waals surface area contributed by atoms with Crippen molar-refractivity contribution in [3.05, 3.63) is 0 Å². The molecular weight excluding hydrogens is 223 g/mol. The van der Waals surface area contributed by atoms with E-state index in [9.17, 15) is 0 Å². The predicted molar refractivity (Wildman–Crippen MR) is 6.34 cm³/mol. The maximum Gasteiger partial charge on any atom is 0 e. The quantitative estimate of drug-likeness (QED) is 0.448. The van der Waals surface area contributed by atoms with Gasteiger partial charge in [0, 0.05) is 36.9 Å². The Morgan fingerprint density at radius 1 is 1.25 bits per heavy atom. The summed E-state index contributed by atoms with van der Waals surface area (Å²) in [5, 5.41) is 15.5. The van der Waals surface area contributed by atoms with Crippen molar-refractivity contribution in [1.82, 2.24) is 0 Å². The van der Waals surface area contributed by atoms with Crippen molar-refractivity contribution in [3.8, 4) is 0 Å². The Morgan fingerprint density at radius 3 is 1.25 bits per heavy atom. The fourth-order valence-corrected chi connectivity index (χ4v) is 0. The molecule has 0 aromatic heterocycles. The molecule has 0 aliphatic heterocycles. The zero-order chi connectivity index (χ0) is 2.71. The second kappa shape index (κ2) is 8.93. The minimum Gasteiger partial charge on any atom is -0.221 e. The zero-order valence-electron chi connectivity index (χ0n) is 1.56. The Kier molecular flexibility index (Phi) is 19.9. The van der Waals surface area contributed by atoms with Gasteiger partial charge < -0.3 is 0 Å². The van der Waals surface area contributed by atoms with Crippen LogP contribution in [-0.2, 0) is 5.04 Å². The zero-order valence-corrected chi connectivity index (χ0v) is 3.22. The summed E-state index contributed by atoms with van der Waals surface area (Å²) in [4.78, 5) is 0. The van der Waals surface area contributed by atoms with E-state index in [0.29, 0.717) is 0 Å². The van der Waals surface area contributed by atoms with Crippen LogP contribution in [0.25, 0.3) is 0 Å². The van der Waals surface area contributed by atoms with Gasteiger partial charge in [0.2, 0.25) is 0 Å². The molecule has 0 aromatic rings.